The molecular weight excluding hydrogens is 122 g/mol. The van der Waals surface area contributed by atoms with E-state index in [-0.39, 0.29) is 0 Å². The van der Waals surface area contributed by atoms with Crippen LogP contribution >= 0.6 is 0 Å². The molecule has 0 saturated carbocycles. The Morgan fingerprint density at radius 3 is 2.50 bits per heavy atom. The first-order chi connectivity index (χ1) is 4.81. The fraction of sp³-hybridized carbons (Fsp3) is 0.778. The fourth-order valence-electron chi connectivity index (χ4n) is 0.882. The number of aliphatic imine (C=N–C) groups is 1. The summed E-state index contributed by atoms with van der Waals surface area (Å²) >= 11 is 0. The Labute approximate surface area is 64.6 Å². The minimum atomic E-state index is 0.880. The molecule has 10 heavy (non-hydrogen) atoms. The summed E-state index contributed by atoms with van der Waals surface area (Å²) < 4.78 is 0. The van der Waals surface area contributed by atoms with E-state index in [4.69, 9.17) is 0 Å². The molecule has 0 rings (SSSR count). The maximum atomic E-state index is 4.20. The van der Waals surface area contributed by atoms with Gasteiger partial charge >= 0.3 is 0 Å². The molecule has 1 radical (unpaired) electrons. The number of rotatable bonds is 5. The summed E-state index contributed by atoms with van der Waals surface area (Å²) in [7, 11) is 0. The Morgan fingerprint density at radius 1 is 1.30 bits per heavy atom. The summed E-state index contributed by atoms with van der Waals surface area (Å²) in [4.78, 5) is 4.20. The lowest BCUT2D eigenvalue weighted by atomic mass is 10.1. The van der Waals surface area contributed by atoms with Gasteiger partial charge in [-0.05, 0) is 26.7 Å². The Bertz CT molecular complexity index is 94.9. The van der Waals surface area contributed by atoms with Crippen molar-refractivity contribution in [2.75, 3.05) is 6.54 Å². The molecule has 0 saturated heterocycles. The molecule has 59 valence electrons. The molecule has 0 aromatic carbocycles. The fourth-order valence-corrected chi connectivity index (χ4v) is 0.882. The molecule has 0 aliphatic heterocycles. The molecule has 0 unspecified atom stereocenters. The third-order valence-corrected chi connectivity index (χ3v) is 1.45. The van der Waals surface area contributed by atoms with Crippen LogP contribution in [0, 0.1) is 6.92 Å². The SMILES string of the molecule is [CH2]C(CCCCC)=NCC. The molecule has 0 fully saturated rings. The number of hydrogen-bond acceptors (Lipinski definition) is 1. The van der Waals surface area contributed by atoms with Crippen molar-refractivity contribution in [3.63, 3.8) is 0 Å². The standard InChI is InChI=1S/C9H18N/c1-4-6-7-8-9(3)10-5-2/h3-8H2,1-2H3. The van der Waals surface area contributed by atoms with Gasteiger partial charge in [0.1, 0.15) is 0 Å². The smallest absolute Gasteiger partial charge is 0.0360 e. The second-order valence-corrected chi connectivity index (χ2v) is 2.50. The zero-order chi connectivity index (χ0) is 7.82. The van der Waals surface area contributed by atoms with Crippen molar-refractivity contribution in [1.82, 2.24) is 0 Å². The highest BCUT2D eigenvalue weighted by molar-refractivity contribution is 5.88. The van der Waals surface area contributed by atoms with Crippen molar-refractivity contribution in [2.45, 2.75) is 39.5 Å². The van der Waals surface area contributed by atoms with Gasteiger partial charge in [0.15, 0.2) is 0 Å². The summed E-state index contributed by atoms with van der Waals surface area (Å²) in [6, 6.07) is 0. The summed E-state index contributed by atoms with van der Waals surface area (Å²) in [5, 5.41) is 0. The highest BCUT2D eigenvalue weighted by atomic mass is 14.7. The average Bonchev–Trinajstić information content (AvgIpc) is 1.89. The number of unbranched alkanes of at least 4 members (excludes halogenated alkanes) is 2. The molecular formula is C9H18N. The van der Waals surface area contributed by atoms with Crippen LogP contribution in [-0.2, 0) is 0 Å². The zero-order valence-electron chi connectivity index (χ0n) is 7.19. The number of hydrogen-bond donors (Lipinski definition) is 0. The lowest BCUT2D eigenvalue weighted by Crippen LogP contribution is -1.92. The first-order valence-corrected chi connectivity index (χ1v) is 4.16. The van der Waals surface area contributed by atoms with E-state index in [9.17, 15) is 0 Å². The monoisotopic (exact) mass is 140 g/mol. The Morgan fingerprint density at radius 2 is 2.00 bits per heavy atom. The van der Waals surface area contributed by atoms with Crippen molar-refractivity contribution in [3.05, 3.63) is 6.92 Å². The van der Waals surface area contributed by atoms with Crippen LogP contribution in [0.15, 0.2) is 4.99 Å². The van der Waals surface area contributed by atoms with Crippen LogP contribution in [0.1, 0.15) is 39.5 Å². The van der Waals surface area contributed by atoms with Crippen molar-refractivity contribution >= 4 is 5.71 Å². The molecule has 1 nitrogen and oxygen atoms in total. The van der Waals surface area contributed by atoms with Gasteiger partial charge in [0.25, 0.3) is 0 Å². The maximum Gasteiger partial charge on any atom is 0.0360 e. The Kier molecular flexibility index (Phi) is 6.56. The van der Waals surface area contributed by atoms with Crippen molar-refractivity contribution in [1.29, 1.82) is 0 Å². The summed E-state index contributed by atoms with van der Waals surface area (Å²) in [6.45, 7) is 8.98. The van der Waals surface area contributed by atoms with E-state index in [1.807, 2.05) is 6.92 Å². The highest BCUT2D eigenvalue weighted by Crippen LogP contribution is 1.99. The topological polar surface area (TPSA) is 12.4 Å². The summed E-state index contributed by atoms with van der Waals surface area (Å²) in [6.07, 6.45) is 4.91. The van der Waals surface area contributed by atoms with Gasteiger partial charge in [0.2, 0.25) is 0 Å². The zero-order valence-corrected chi connectivity index (χ0v) is 7.19. The molecule has 0 amide bonds. The normalized spacial score (nSPS) is 12.1. The van der Waals surface area contributed by atoms with Gasteiger partial charge in [0.05, 0.1) is 0 Å². The predicted octanol–water partition coefficient (Wildman–Crippen LogP) is 2.86. The summed E-state index contributed by atoms with van der Waals surface area (Å²) in [5.74, 6) is 0. The lowest BCUT2D eigenvalue weighted by molar-refractivity contribution is 0.741. The third kappa shape index (κ3) is 5.80. The molecule has 0 aromatic heterocycles. The van der Waals surface area contributed by atoms with E-state index in [2.05, 4.69) is 18.8 Å². The van der Waals surface area contributed by atoms with Crippen LogP contribution in [0.2, 0.25) is 0 Å². The highest BCUT2D eigenvalue weighted by Gasteiger charge is 1.89. The van der Waals surface area contributed by atoms with Gasteiger partial charge < -0.3 is 0 Å². The largest absolute Gasteiger partial charge is 0.294 e. The molecule has 0 aromatic rings. The van der Waals surface area contributed by atoms with Gasteiger partial charge in [-0.1, -0.05) is 19.8 Å². The van der Waals surface area contributed by atoms with Crippen molar-refractivity contribution in [3.8, 4) is 0 Å². The molecule has 0 bridgehead atoms. The summed E-state index contributed by atoms with van der Waals surface area (Å²) in [5.41, 5.74) is 1.07. The molecule has 0 atom stereocenters. The molecule has 0 heterocycles. The van der Waals surface area contributed by atoms with Crippen LogP contribution < -0.4 is 0 Å². The quantitative estimate of drug-likeness (QED) is 0.411. The lowest BCUT2D eigenvalue weighted by Gasteiger charge is -1.97. The van der Waals surface area contributed by atoms with Crippen LogP contribution in [-0.4, -0.2) is 12.3 Å². The van der Waals surface area contributed by atoms with Gasteiger partial charge in [0, 0.05) is 12.3 Å². The molecule has 0 spiro atoms. The van der Waals surface area contributed by atoms with E-state index < -0.39 is 0 Å². The van der Waals surface area contributed by atoms with E-state index in [1.165, 1.54) is 19.3 Å². The number of nitrogens with zero attached hydrogens (tertiary/aromatic N) is 1. The second-order valence-electron chi connectivity index (χ2n) is 2.50. The Hall–Kier alpha value is -0.330. The van der Waals surface area contributed by atoms with Gasteiger partial charge in [-0.2, -0.15) is 0 Å². The van der Waals surface area contributed by atoms with Crippen molar-refractivity contribution < 1.29 is 0 Å². The van der Waals surface area contributed by atoms with Crippen LogP contribution in [0.3, 0.4) is 0 Å². The second kappa shape index (κ2) is 6.79. The minimum absolute atomic E-state index is 0.880. The Balaban J connectivity index is 3.21. The maximum absolute atomic E-state index is 4.20. The van der Waals surface area contributed by atoms with Gasteiger partial charge in [-0.25, -0.2) is 0 Å². The van der Waals surface area contributed by atoms with Gasteiger partial charge in [-0.3, -0.25) is 4.99 Å². The van der Waals surface area contributed by atoms with E-state index >= 15 is 0 Å². The van der Waals surface area contributed by atoms with Crippen LogP contribution in [0.4, 0.5) is 0 Å². The van der Waals surface area contributed by atoms with E-state index in [0.717, 1.165) is 18.7 Å². The minimum Gasteiger partial charge on any atom is -0.294 e. The molecule has 0 N–H and O–H groups in total. The van der Waals surface area contributed by atoms with E-state index in [1.54, 1.807) is 0 Å². The first-order valence-electron chi connectivity index (χ1n) is 4.16. The van der Waals surface area contributed by atoms with Gasteiger partial charge in [-0.15, -0.1) is 0 Å². The average molecular weight is 140 g/mol. The van der Waals surface area contributed by atoms with Crippen LogP contribution in [0.5, 0.6) is 0 Å². The molecule has 0 aliphatic carbocycles. The van der Waals surface area contributed by atoms with Crippen molar-refractivity contribution in [2.24, 2.45) is 4.99 Å². The molecule has 0 aliphatic rings. The predicted molar refractivity (Wildman–Crippen MR) is 47.5 cm³/mol. The molecule has 1 heteroatoms. The van der Waals surface area contributed by atoms with E-state index in [0.29, 0.717) is 0 Å². The third-order valence-electron chi connectivity index (χ3n) is 1.45. The first kappa shape index (κ1) is 9.67. The van der Waals surface area contributed by atoms with Crippen LogP contribution in [0.25, 0.3) is 0 Å².